The number of hydrogen-bond donors (Lipinski definition) is 1. The van der Waals surface area contributed by atoms with E-state index in [9.17, 15) is 9.59 Å². The third-order valence-corrected chi connectivity index (χ3v) is 5.55. The maximum Gasteiger partial charge on any atom is 0.244 e. The van der Waals surface area contributed by atoms with Gasteiger partial charge in [0.1, 0.15) is 6.54 Å². The Bertz CT molecular complexity index is 909. The first-order chi connectivity index (χ1) is 13.5. The molecule has 4 rings (SSSR count). The van der Waals surface area contributed by atoms with Crippen molar-refractivity contribution in [2.75, 3.05) is 54.4 Å². The van der Waals surface area contributed by atoms with Gasteiger partial charge >= 0.3 is 0 Å². The van der Waals surface area contributed by atoms with E-state index in [0.717, 1.165) is 42.6 Å². The van der Waals surface area contributed by atoms with Gasteiger partial charge in [-0.3, -0.25) is 19.4 Å². The fourth-order valence-electron chi connectivity index (χ4n) is 3.80. The standard InChI is InChI=1S/C21H23ClN4O2/c1-15-6-7-16(22)12-19(15)25-10-8-24(9-11-25)14-21(28)26-13-20(27)23-17-4-2-3-5-18(17)26/h2-7,12H,8-11,13-14H2,1H3,(H,23,27). The summed E-state index contributed by atoms with van der Waals surface area (Å²) in [6, 6.07) is 13.4. The quantitative estimate of drug-likeness (QED) is 0.863. The Labute approximate surface area is 169 Å². The number of amides is 2. The second kappa shape index (κ2) is 7.81. The van der Waals surface area contributed by atoms with E-state index in [2.05, 4.69) is 22.0 Å². The van der Waals surface area contributed by atoms with Gasteiger partial charge in [-0.1, -0.05) is 29.8 Å². The van der Waals surface area contributed by atoms with Gasteiger partial charge in [0.05, 0.1) is 17.9 Å². The first-order valence-corrected chi connectivity index (χ1v) is 9.82. The number of hydrogen-bond acceptors (Lipinski definition) is 4. The zero-order valence-corrected chi connectivity index (χ0v) is 16.6. The van der Waals surface area contributed by atoms with Gasteiger partial charge in [0, 0.05) is 36.9 Å². The SMILES string of the molecule is Cc1ccc(Cl)cc1N1CCN(CC(=O)N2CC(=O)Nc3ccccc32)CC1. The topological polar surface area (TPSA) is 55.9 Å². The Morgan fingerprint density at radius 1 is 1.07 bits per heavy atom. The van der Waals surface area contributed by atoms with Crippen LogP contribution in [0.1, 0.15) is 5.56 Å². The molecule has 28 heavy (non-hydrogen) atoms. The predicted octanol–water partition coefficient (Wildman–Crippen LogP) is 2.76. The second-order valence-corrected chi connectivity index (χ2v) is 7.68. The number of benzene rings is 2. The average molecular weight is 399 g/mol. The maximum atomic E-state index is 12.9. The van der Waals surface area contributed by atoms with Crippen molar-refractivity contribution in [3.63, 3.8) is 0 Å². The van der Waals surface area contributed by atoms with Gasteiger partial charge in [0.2, 0.25) is 11.8 Å². The molecule has 0 bridgehead atoms. The summed E-state index contributed by atoms with van der Waals surface area (Å²) in [4.78, 5) is 30.9. The summed E-state index contributed by atoms with van der Waals surface area (Å²) in [5, 5.41) is 3.55. The molecule has 2 heterocycles. The first-order valence-electron chi connectivity index (χ1n) is 9.44. The molecule has 1 N–H and O–H groups in total. The fourth-order valence-corrected chi connectivity index (χ4v) is 3.97. The Kier molecular flexibility index (Phi) is 5.24. The molecule has 0 saturated carbocycles. The summed E-state index contributed by atoms with van der Waals surface area (Å²) in [5.41, 5.74) is 3.80. The smallest absolute Gasteiger partial charge is 0.244 e. The van der Waals surface area contributed by atoms with Crippen LogP contribution in [0.25, 0.3) is 0 Å². The lowest BCUT2D eigenvalue weighted by molar-refractivity contribution is -0.122. The molecule has 2 aliphatic heterocycles. The van der Waals surface area contributed by atoms with Crippen molar-refractivity contribution in [3.05, 3.63) is 53.1 Å². The number of fused-ring (bicyclic) bond motifs is 1. The minimum atomic E-state index is -0.159. The Morgan fingerprint density at radius 3 is 2.61 bits per heavy atom. The Balaban J connectivity index is 1.39. The first kappa shape index (κ1) is 18.8. The average Bonchev–Trinajstić information content (AvgIpc) is 2.70. The molecule has 0 spiro atoms. The van der Waals surface area contributed by atoms with Gasteiger partial charge in [0.15, 0.2) is 0 Å². The number of para-hydroxylation sites is 2. The van der Waals surface area contributed by atoms with Gasteiger partial charge in [-0.15, -0.1) is 0 Å². The molecular weight excluding hydrogens is 376 g/mol. The van der Waals surface area contributed by atoms with E-state index in [1.807, 2.05) is 42.5 Å². The Hall–Kier alpha value is -2.57. The van der Waals surface area contributed by atoms with E-state index in [0.29, 0.717) is 12.2 Å². The summed E-state index contributed by atoms with van der Waals surface area (Å²) < 4.78 is 0. The van der Waals surface area contributed by atoms with E-state index in [4.69, 9.17) is 11.6 Å². The van der Waals surface area contributed by atoms with Crippen molar-refractivity contribution >= 4 is 40.5 Å². The van der Waals surface area contributed by atoms with E-state index >= 15 is 0 Å². The molecule has 0 atom stereocenters. The summed E-state index contributed by atoms with van der Waals surface area (Å²) in [7, 11) is 0. The zero-order valence-electron chi connectivity index (χ0n) is 15.8. The molecule has 2 aliphatic rings. The molecule has 2 amide bonds. The van der Waals surface area contributed by atoms with E-state index in [1.165, 1.54) is 5.56 Å². The lowest BCUT2D eigenvalue weighted by Crippen LogP contribution is -2.52. The number of halogens is 1. The number of rotatable bonds is 3. The minimum absolute atomic E-state index is 0.0466. The third-order valence-electron chi connectivity index (χ3n) is 5.31. The summed E-state index contributed by atoms with van der Waals surface area (Å²) in [5.74, 6) is -0.206. The van der Waals surface area contributed by atoms with Crippen LogP contribution < -0.4 is 15.1 Å². The number of nitrogens with zero attached hydrogens (tertiary/aromatic N) is 3. The van der Waals surface area contributed by atoms with Gasteiger partial charge in [-0.2, -0.15) is 0 Å². The van der Waals surface area contributed by atoms with Crippen LogP contribution in [0.2, 0.25) is 5.02 Å². The molecule has 0 aliphatic carbocycles. The molecule has 6 nitrogen and oxygen atoms in total. The highest BCUT2D eigenvalue weighted by Gasteiger charge is 2.28. The largest absolute Gasteiger partial charge is 0.369 e. The molecule has 146 valence electrons. The van der Waals surface area contributed by atoms with E-state index < -0.39 is 0 Å². The highest BCUT2D eigenvalue weighted by atomic mass is 35.5. The lowest BCUT2D eigenvalue weighted by atomic mass is 10.1. The van der Waals surface area contributed by atoms with Crippen molar-refractivity contribution < 1.29 is 9.59 Å². The Morgan fingerprint density at radius 2 is 1.82 bits per heavy atom. The predicted molar refractivity (Wildman–Crippen MR) is 112 cm³/mol. The zero-order chi connectivity index (χ0) is 19.7. The van der Waals surface area contributed by atoms with Crippen molar-refractivity contribution in [3.8, 4) is 0 Å². The van der Waals surface area contributed by atoms with Crippen molar-refractivity contribution in [1.29, 1.82) is 0 Å². The number of carbonyl (C=O) groups excluding carboxylic acids is 2. The van der Waals surface area contributed by atoms with Crippen molar-refractivity contribution in [2.24, 2.45) is 0 Å². The van der Waals surface area contributed by atoms with Crippen LogP contribution in [-0.2, 0) is 9.59 Å². The highest BCUT2D eigenvalue weighted by Crippen LogP contribution is 2.29. The minimum Gasteiger partial charge on any atom is -0.369 e. The maximum absolute atomic E-state index is 12.9. The van der Waals surface area contributed by atoms with Crippen molar-refractivity contribution in [1.82, 2.24) is 4.90 Å². The van der Waals surface area contributed by atoms with Crippen LogP contribution in [0.5, 0.6) is 0 Å². The summed E-state index contributed by atoms with van der Waals surface area (Å²) in [6.45, 7) is 5.72. The van der Waals surface area contributed by atoms with Crippen LogP contribution in [0, 0.1) is 6.92 Å². The van der Waals surface area contributed by atoms with Gasteiger partial charge in [-0.25, -0.2) is 0 Å². The molecule has 0 radical (unpaired) electrons. The van der Waals surface area contributed by atoms with Gasteiger partial charge in [0.25, 0.3) is 0 Å². The van der Waals surface area contributed by atoms with E-state index in [-0.39, 0.29) is 18.4 Å². The van der Waals surface area contributed by atoms with Crippen LogP contribution in [-0.4, -0.2) is 56.0 Å². The number of anilines is 3. The lowest BCUT2D eigenvalue weighted by Gasteiger charge is -2.37. The molecule has 1 saturated heterocycles. The van der Waals surface area contributed by atoms with Crippen LogP contribution >= 0.6 is 11.6 Å². The third kappa shape index (κ3) is 3.84. The van der Waals surface area contributed by atoms with Crippen LogP contribution in [0.4, 0.5) is 17.1 Å². The molecule has 2 aromatic rings. The van der Waals surface area contributed by atoms with Crippen LogP contribution in [0.3, 0.4) is 0 Å². The molecule has 0 aromatic heterocycles. The van der Waals surface area contributed by atoms with Gasteiger partial charge < -0.3 is 10.2 Å². The number of aryl methyl sites for hydroxylation is 1. The highest BCUT2D eigenvalue weighted by molar-refractivity contribution is 6.30. The monoisotopic (exact) mass is 398 g/mol. The molecule has 0 unspecified atom stereocenters. The van der Waals surface area contributed by atoms with E-state index in [1.54, 1.807) is 4.90 Å². The molecular formula is C21H23ClN4O2. The van der Waals surface area contributed by atoms with Gasteiger partial charge in [-0.05, 0) is 36.8 Å². The second-order valence-electron chi connectivity index (χ2n) is 7.24. The molecule has 1 fully saturated rings. The number of nitrogens with one attached hydrogen (secondary N) is 1. The number of carbonyl (C=O) groups is 2. The van der Waals surface area contributed by atoms with Crippen LogP contribution in [0.15, 0.2) is 42.5 Å². The number of piperazine rings is 1. The normalized spacial score (nSPS) is 17.3. The summed E-state index contributed by atoms with van der Waals surface area (Å²) >= 11 is 6.15. The van der Waals surface area contributed by atoms with Crippen molar-refractivity contribution in [2.45, 2.75) is 6.92 Å². The molecule has 7 heteroatoms. The summed E-state index contributed by atoms with van der Waals surface area (Å²) in [6.07, 6.45) is 0. The fraction of sp³-hybridized carbons (Fsp3) is 0.333. The molecule has 2 aromatic carbocycles.